The molecule has 3 N–H and O–H groups in total. The topological polar surface area (TPSA) is 85.1 Å². The van der Waals surface area contributed by atoms with Gasteiger partial charge in [-0.3, -0.25) is 0 Å². The first-order valence-corrected chi connectivity index (χ1v) is 8.03. The molecule has 1 heterocycles. The van der Waals surface area contributed by atoms with Gasteiger partial charge in [0, 0.05) is 17.6 Å². The minimum absolute atomic E-state index is 0.0853. The molecular formula is C11H12ClN3O2S2. The number of anilines is 1. The van der Waals surface area contributed by atoms with Crippen LogP contribution in [0.25, 0.3) is 0 Å². The zero-order valence-electron chi connectivity index (χ0n) is 10.1. The van der Waals surface area contributed by atoms with Crippen LogP contribution in [0.4, 0.5) is 5.69 Å². The molecule has 0 spiro atoms. The van der Waals surface area contributed by atoms with E-state index in [4.69, 9.17) is 17.3 Å². The van der Waals surface area contributed by atoms with E-state index in [9.17, 15) is 8.42 Å². The Balaban J connectivity index is 2.23. The Labute approximate surface area is 120 Å². The number of benzene rings is 1. The number of aromatic nitrogens is 1. The highest BCUT2D eigenvalue weighted by atomic mass is 35.5. The maximum atomic E-state index is 12.2. The molecule has 1 aromatic carbocycles. The van der Waals surface area contributed by atoms with Crippen LogP contribution in [0.3, 0.4) is 0 Å². The predicted molar refractivity (Wildman–Crippen MR) is 76.7 cm³/mol. The van der Waals surface area contributed by atoms with E-state index in [1.807, 2.05) is 6.92 Å². The molecule has 0 aliphatic heterocycles. The second kappa shape index (κ2) is 5.46. The van der Waals surface area contributed by atoms with Crippen molar-refractivity contribution in [1.29, 1.82) is 0 Å². The molecule has 2 rings (SSSR count). The Bertz CT molecular complexity index is 677. The van der Waals surface area contributed by atoms with Crippen molar-refractivity contribution in [3.8, 4) is 0 Å². The number of nitrogens with zero attached hydrogens (tertiary/aromatic N) is 1. The third-order valence-corrected chi connectivity index (χ3v) is 5.23. The number of rotatable bonds is 4. The molecule has 0 aliphatic rings. The fourth-order valence-corrected chi connectivity index (χ4v) is 4.04. The lowest BCUT2D eigenvalue weighted by Gasteiger charge is -2.09. The van der Waals surface area contributed by atoms with Crippen LogP contribution in [0, 0.1) is 6.92 Å². The number of halogens is 1. The molecule has 0 amide bonds. The first kappa shape index (κ1) is 14.3. The van der Waals surface area contributed by atoms with E-state index in [0.717, 1.165) is 9.88 Å². The quantitative estimate of drug-likeness (QED) is 0.846. The molecule has 8 heteroatoms. The van der Waals surface area contributed by atoms with E-state index in [2.05, 4.69) is 9.71 Å². The van der Waals surface area contributed by atoms with E-state index in [1.54, 1.807) is 12.3 Å². The molecule has 102 valence electrons. The van der Waals surface area contributed by atoms with Crippen molar-refractivity contribution in [3.63, 3.8) is 0 Å². The van der Waals surface area contributed by atoms with Crippen LogP contribution in [0.2, 0.25) is 5.02 Å². The number of hydrogen-bond acceptors (Lipinski definition) is 5. The lowest BCUT2D eigenvalue weighted by molar-refractivity contribution is 0.582. The fraction of sp³-hybridized carbons (Fsp3) is 0.182. The highest BCUT2D eigenvalue weighted by Gasteiger charge is 2.20. The minimum atomic E-state index is -3.74. The summed E-state index contributed by atoms with van der Waals surface area (Å²) in [4.78, 5) is 4.80. The van der Waals surface area contributed by atoms with Crippen molar-refractivity contribution in [2.75, 3.05) is 5.73 Å². The van der Waals surface area contributed by atoms with Gasteiger partial charge in [-0.1, -0.05) is 17.7 Å². The summed E-state index contributed by atoms with van der Waals surface area (Å²) in [5.41, 5.74) is 5.79. The van der Waals surface area contributed by atoms with Crippen LogP contribution in [0.5, 0.6) is 0 Å². The molecule has 1 aromatic heterocycles. The van der Waals surface area contributed by atoms with Gasteiger partial charge >= 0.3 is 0 Å². The van der Waals surface area contributed by atoms with E-state index in [-0.39, 0.29) is 22.2 Å². The van der Waals surface area contributed by atoms with E-state index < -0.39 is 10.0 Å². The summed E-state index contributed by atoms with van der Waals surface area (Å²) < 4.78 is 26.8. The van der Waals surface area contributed by atoms with Gasteiger partial charge in [-0.25, -0.2) is 18.1 Å². The standard InChI is InChI=1S/C11H12ClN3O2S2/c1-7-14-5-8(18-7)6-15-19(16,17)11-9(12)3-2-4-10(11)13/h2-5,15H,6,13H2,1H3. The lowest BCUT2D eigenvalue weighted by Crippen LogP contribution is -2.24. The molecule has 0 saturated heterocycles. The molecular weight excluding hydrogens is 306 g/mol. The molecule has 0 atom stereocenters. The molecule has 0 fully saturated rings. The summed E-state index contributed by atoms with van der Waals surface area (Å²) in [6, 6.07) is 4.59. The summed E-state index contributed by atoms with van der Waals surface area (Å²) in [7, 11) is -3.74. The normalized spacial score (nSPS) is 11.7. The molecule has 0 aliphatic carbocycles. The maximum absolute atomic E-state index is 12.2. The molecule has 0 bridgehead atoms. The second-order valence-electron chi connectivity index (χ2n) is 3.83. The van der Waals surface area contributed by atoms with E-state index in [0.29, 0.717) is 0 Å². The van der Waals surface area contributed by atoms with Crippen LogP contribution < -0.4 is 10.5 Å². The van der Waals surface area contributed by atoms with Gasteiger partial charge in [0.2, 0.25) is 10.0 Å². The zero-order chi connectivity index (χ0) is 14.0. The SMILES string of the molecule is Cc1ncc(CNS(=O)(=O)c2c(N)cccc2Cl)s1. The van der Waals surface area contributed by atoms with Crippen molar-refractivity contribution in [3.05, 3.63) is 39.3 Å². The summed E-state index contributed by atoms with van der Waals surface area (Å²) in [5, 5.41) is 0.986. The molecule has 0 saturated carbocycles. The highest BCUT2D eigenvalue weighted by molar-refractivity contribution is 7.89. The van der Waals surface area contributed by atoms with E-state index in [1.165, 1.54) is 23.5 Å². The van der Waals surface area contributed by atoms with Gasteiger partial charge in [-0.15, -0.1) is 11.3 Å². The highest BCUT2D eigenvalue weighted by Crippen LogP contribution is 2.27. The van der Waals surface area contributed by atoms with Gasteiger partial charge in [0.15, 0.2) is 0 Å². The number of hydrogen-bond donors (Lipinski definition) is 2. The molecule has 2 aromatic rings. The van der Waals surface area contributed by atoms with Crippen LogP contribution in [-0.2, 0) is 16.6 Å². The molecule has 5 nitrogen and oxygen atoms in total. The summed E-state index contributed by atoms with van der Waals surface area (Å²) in [5.74, 6) is 0. The minimum Gasteiger partial charge on any atom is -0.398 e. The van der Waals surface area contributed by atoms with Gasteiger partial charge < -0.3 is 5.73 Å². The average molecular weight is 318 g/mol. The van der Waals surface area contributed by atoms with Gasteiger partial charge in [-0.2, -0.15) is 0 Å². The Morgan fingerprint density at radius 1 is 1.47 bits per heavy atom. The number of nitrogens with one attached hydrogen (secondary N) is 1. The van der Waals surface area contributed by atoms with Crippen LogP contribution in [0.1, 0.15) is 9.88 Å². The first-order valence-electron chi connectivity index (χ1n) is 5.35. The lowest BCUT2D eigenvalue weighted by atomic mass is 10.3. The maximum Gasteiger partial charge on any atom is 0.244 e. The van der Waals surface area contributed by atoms with Crippen molar-refractivity contribution in [2.45, 2.75) is 18.4 Å². The summed E-state index contributed by atoms with van der Waals surface area (Å²) in [6.07, 6.45) is 1.64. The first-order chi connectivity index (χ1) is 8.90. The van der Waals surface area contributed by atoms with Crippen LogP contribution in [0.15, 0.2) is 29.3 Å². The largest absolute Gasteiger partial charge is 0.398 e. The van der Waals surface area contributed by atoms with Gasteiger partial charge in [-0.05, 0) is 19.1 Å². The molecule has 0 unspecified atom stereocenters. The smallest absolute Gasteiger partial charge is 0.244 e. The Kier molecular flexibility index (Phi) is 4.10. The number of nitrogens with two attached hydrogens (primary N) is 1. The third-order valence-electron chi connectivity index (χ3n) is 2.37. The third kappa shape index (κ3) is 3.24. The Hall–Kier alpha value is -1.15. The van der Waals surface area contributed by atoms with Crippen molar-refractivity contribution in [1.82, 2.24) is 9.71 Å². The van der Waals surface area contributed by atoms with Crippen LogP contribution in [-0.4, -0.2) is 13.4 Å². The van der Waals surface area contributed by atoms with Gasteiger partial charge in [0.05, 0.1) is 15.7 Å². The second-order valence-corrected chi connectivity index (χ2v) is 7.26. The molecule has 19 heavy (non-hydrogen) atoms. The summed E-state index contributed by atoms with van der Waals surface area (Å²) in [6.45, 7) is 2.02. The Morgan fingerprint density at radius 2 is 2.21 bits per heavy atom. The van der Waals surface area contributed by atoms with Gasteiger partial charge in [0.1, 0.15) is 4.90 Å². The molecule has 0 radical (unpaired) electrons. The number of nitrogen functional groups attached to an aromatic ring is 1. The number of thiazole rings is 1. The Morgan fingerprint density at radius 3 is 2.79 bits per heavy atom. The fourth-order valence-electron chi connectivity index (χ4n) is 1.53. The predicted octanol–water partition coefficient (Wildman–Crippen LogP) is 2.17. The van der Waals surface area contributed by atoms with Crippen molar-refractivity contribution < 1.29 is 8.42 Å². The summed E-state index contributed by atoms with van der Waals surface area (Å²) >= 11 is 7.32. The average Bonchev–Trinajstić information content (AvgIpc) is 2.72. The van der Waals surface area contributed by atoms with Crippen molar-refractivity contribution in [2.24, 2.45) is 0 Å². The monoisotopic (exact) mass is 317 g/mol. The zero-order valence-corrected chi connectivity index (χ0v) is 12.4. The van der Waals surface area contributed by atoms with Crippen molar-refractivity contribution >= 4 is 38.6 Å². The van der Waals surface area contributed by atoms with Crippen LogP contribution >= 0.6 is 22.9 Å². The number of aryl methyl sites for hydroxylation is 1. The van der Waals surface area contributed by atoms with E-state index >= 15 is 0 Å². The van der Waals surface area contributed by atoms with Gasteiger partial charge in [0.25, 0.3) is 0 Å². The number of sulfonamides is 1.